The maximum atomic E-state index is 11.2. The molecule has 1 amide bonds. The number of hydrogen-bond acceptors (Lipinski definition) is 3. The lowest BCUT2D eigenvalue weighted by Gasteiger charge is -2.18. The molecule has 0 aliphatic heterocycles. The van der Waals surface area contributed by atoms with Crippen LogP contribution in [0.3, 0.4) is 0 Å². The molecule has 0 aromatic heterocycles. The van der Waals surface area contributed by atoms with Crippen molar-refractivity contribution in [2.45, 2.75) is 20.3 Å². The third-order valence-corrected chi connectivity index (χ3v) is 1.76. The Morgan fingerprint density at radius 3 is 2.33 bits per heavy atom. The van der Waals surface area contributed by atoms with Gasteiger partial charge in [0.2, 0.25) is 0 Å². The average Bonchev–Trinajstić information content (AvgIpc) is 2.26. The van der Waals surface area contributed by atoms with Crippen LogP contribution in [0, 0.1) is 0 Å². The molecule has 15 heavy (non-hydrogen) atoms. The molecule has 4 nitrogen and oxygen atoms in total. The molecule has 1 rings (SSSR count). The van der Waals surface area contributed by atoms with Crippen molar-refractivity contribution in [3.63, 3.8) is 0 Å². The number of nitrogens with zero attached hydrogens (tertiary/aromatic N) is 1. The fraction of sp³-hybridized carbons (Fsp3) is 0.273. The predicted molar refractivity (Wildman–Crippen MR) is 56.0 cm³/mol. The van der Waals surface area contributed by atoms with Gasteiger partial charge in [-0.05, 0) is 12.1 Å². The summed E-state index contributed by atoms with van der Waals surface area (Å²) in [4.78, 5) is 27.2. The van der Waals surface area contributed by atoms with E-state index in [0.717, 1.165) is 5.06 Å². The zero-order valence-corrected chi connectivity index (χ0v) is 8.77. The molecule has 0 bridgehead atoms. The highest BCUT2D eigenvalue weighted by atomic mass is 16.7. The highest BCUT2D eigenvalue weighted by Crippen LogP contribution is 2.14. The summed E-state index contributed by atoms with van der Waals surface area (Å²) in [6.45, 7) is 3.02. The predicted octanol–water partition coefficient (Wildman–Crippen LogP) is 1.91. The van der Waals surface area contributed by atoms with Crippen molar-refractivity contribution in [1.82, 2.24) is 0 Å². The lowest BCUT2D eigenvalue weighted by Crippen LogP contribution is -2.31. The molecule has 0 atom stereocenters. The van der Waals surface area contributed by atoms with E-state index in [1.165, 1.54) is 6.92 Å². The van der Waals surface area contributed by atoms with Crippen LogP contribution in [-0.4, -0.2) is 11.9 Å². The SMILES string of the molecule is CCC(=O)ON(C(C)=O)c1ccccc1. The number of hydroxylamine groups is 1. The number of anilines is 1. The molecular formula is C11H13NO3. The monoisotopic (exact) mass is 207 g/mol. The van der Waals surface area contributed by atoms with Gasteiger partial charge in [-0.15, -0.1) is 5.06 Å². The van der Waals surface area contributed by atoms with Gasteiger partial charge in [-0.25, -0.2) is 4.79 Å². The van der Waals surface area contributed by atoms with Crippen molar-refractivity contribution in [2.75, 3.05) is 5.06 Å². The molecule has 0 fully saturated rings. The third-order valence-electron chi connectivity index (χ3n) is 1.76. The van der Waals surface area contributed by atoms with Crippen molar-refractivity contribution in [1.29, 1.82) is 0 Å². The molecule has 0 N–H and O–H groups in total. The summed E-state index contributed by atoms with van der Waals surface area (Å²) >= 11 is 0. The number of rotatable bonds is 2. The number of amides is 1. The Balaban J connectivity index is 2.84. The Morgan fingerprint density at radius 2 is 1.87 bits per heavy atom. The first-order chi connectivity index (χ1) is 7.15. The van der Waals surface area contributed by atoms with Gasteiger partial charge in [0.15, 0.2) is 0 Å². The first-order valence-electron chi connectivity index (χ1n) is 4.71. The third kappa shape index (κ3) is 3.09. The van der Waals surface area contributed by atoms with Gasteiger partial charge in [-0.3, -0.25) is 4.79 Å². The number of carbonyl (C=O) groups is 2. The van der Waals surface area contributed by atoms with Crippen LogP contribution in [0.2, 0.25) is 0 Å². The van der Waals surface area contributed by atoms with Crippen LogP contribution in [-0.2, 0) is 14.4 Å². The minimum absolute atomic E-state index is 0.233. The van der Waals surface area contributed by atoms with Gasteiger partial charge < -0.3 is 4.84 Å². The average molecular weight is 207 g/mol. The van der Waals surface area contributed by atoms with E-state index in [1.54, 1.807) is 31.2 Å². The Bertz CT molecular complexity index is 348. The van der Waals surface area contributed by atoms with Gasteiger partial charge in [-0.2, -0.15) is 0 Å². The van der Waals surface area contributed by atoms with Crippen molar-refractivity contribution < 1.29 is 14.4 Å². The van der Waals surface area contributed by atoms with E-state index in [-0.39, 0.29) is 12.3 Å². The van der Waals surface area contributed by atoms with Gasteiger partial charge in [0.1, 0.15) is 0 Å². The summed E-state index contributed by atoms with van der Waals surface area (Å²) in [5, 5.41) is 0.992. The molecule has 0 unspecified atom stereocenters. The number of carbonyl (C=O) groups excluding carboxylic acids is 2. The van der Waals surface area contributed by atoms with Crippen LogP contribution < -0.4 is 5.06 Å². The largest absolute Gasteiger partial charge is 0.333 e. The van der Waals surface area contributed by atoms with E-state index in [9.17, 15) is 9.59 Å². The Labute approximate surface area is 88.4 Å². The van der Waals surface area contributed by atoms with E-state index in [1.807, 2.05) is 6.07 Å². The zero-order chi connectivity index (χ0) is 11.3. The molecule has 4 heteroatoms. The molecular weight excluding hydrogens is 194 g/mol. The molecule has 80 valence electrons. The zero-order valence-electron chi connectivity index (χ0n) is 8.77. The van der Waals surface area contributed by atoms with Crippen molar-refractivity contribution in [3.8, 4) is 0 Å². The Hall–Kier alpha value is -1.84. The van der Waals surface area contributed by atoms with Gasteiger partial charge >= 0.3 is 5.97 Å². The van der Waals surface area contributed by atoms with Gasteiger partial charge in [-0.1, -0.05) is 25.1 Å². The van der Waals surface area contributed by atoms with E-state index < -0.39 is 5.97 Å². The summed E-state index contributed by atoms with van der Waals surface area (Å²) in [5.74, 6) is -0.767. The Kier molecular flexibility index (Phi) is 3.85. The van der Waals surface area contributed by atoms with E-state index in [4.69, 9.17) is 4.84 Å². The minimum Gasteiger partial charge on any atom is -0.333 e. The molecule has 0 radical (unpaired) electrons. The summed E-state index contributed by atoms with van der Waals surface area (Å²) in [6.07, 6.45) is 0.233. The maximum absolute atomic E-state index is 11.2. The normalized spacial score (nSPS) is 9.47. The van der Waals surface area contributed by atoms with Crippen molar-refractivity contribution in [3.05, 3.63) is 30.3 Å². The molecule has 0 aliphatic rings. The van der Waals surface area contributed by atoms with Crippen molar-refractivity contribution in [2.24, 2.45) is 0 Å². The highest BCUT2D eigenvalue weighted by Gasteiger charge is 2.15. The second-order valence-electron chi connectivity index (χ2n) is 2.97. The number of hydrogen-bond donors (Lipinski definition) is 0. The molecule has 0 aliphatic carbocycles. The fourth-order valence-electron chi connectivity index (χ4n) is 1.03. The van der Waals surface area contributed by atoms with Crippen LogP contribution >= 0.6 is 0 Å². The topological polar surface area (TPSA) is 46.6 Å². The van der Waals surface area contributed by atoms with E-state index in [0.29, 0.717) is 5.69 Å². The molecule has 0 heterocycles. The Morgan fingerprint density at radius 1 is 1.27 bits per heavy atom. The smallest absolute Gasteiger partial charge is 0.332 e. The first-order valence-corrected chi connectivity index (χ1v) is 4.71. The first kappa shape index (κ1) is 11.2. The number of benzene rings is 1. The van der Waals surface area contributed by atoms with Crippen LogP contribution in [0.4, 0.5) is 5.69 Å². The second-order valence-corrected chi connectivity index (χ2v) is 2.97. The standard InChI is InChI=1S/C11H13NO3/c1-3-11(14)15-12(9(2)13)10-7-5-4-6-8-10/h4-8H,3H2,1-2H3. The van der Waals surface area contributed by atoms with Crippen LogP contribution in [0.25, 0.3) is 0 Å². The minimum atomic E-state index is -0.436. The maximum Gasteiger partial charge on any atom is 0.332 e. The van der Waals surface area contributed by atoms with E-state index >= 15 is 0 Å². The second kappa shape index (κ2) is 5.14. The lowest BCUT2D eigenvalue weighted by molar-refractivity contribution is -0.149. The fourth-order valence-corrected chi connectivity index (χ4v) is 1.03. The van der Waals surface area contributed by atoms with Gasteiger partial charge in [0.05, 0.1) is 5.69 Å². The molecule has 0 saturated heterocycles. The van der Waals surface area contributed by atoms with Crippen LogP contribution in [0.1, 0.15) is 20.3 Å². The molecule has 1 aromatic carbocycles. The number of para-hydroxylation sites is 1. The van der Waals surface area contributed by atoms with E-state index in [2.05, 4.69) is 0 Å². The summed E-state index contributed by atoms with van der Waals surface area (Å²) in [7, 11) is 0. The molecule has 1 aromatic rings. The quantitative estimate of drug-likeness (QED) is 0.696. The van der Waals surface area contributed by atoms with Gasteiger partial charge in [0, 0.05) is 13.3 Å². The van der Waals surface area contributed by atoms with Crippen LogP contribution in [0.5, 0.6) is 0 Å². The summed E-state index contributed by atoms with van der Waals surface area (Å²) in [6, 6.07) is 8.76. The summed E-state index contributed by atoms with van der Waals surface area (Å²) in [5.41, 5.74) is 0.548. The van der Waals surface area contributed by atoms with Crippen LogP contribution in [0.15, 0.2) is 30.3 Å². The summed E-state index contributed by atoms with van der Waals surface area (Å²) < 4.78 is 0. The van der Waals surface area contributed by atoms with Gasteiger partial charge in [0.25, 0.3) is 5.91 Å². The molecule has 0 saturated carbocycles. The lowest BCUT2D eigenvalue weighted by atomic mass is 10.3. The molecule has 0 spiro atoms. The highest BCUT2D eigenvalue weighted by molar-refractivity contribution is 5.91. The van der Waals surface area contributed by atoms with Crippen molar-refractivity contribution >= 4 is 17.6 Å².